The van der Waals surface area contributed by atoms with Crippen LogP contribution in [-0.2, 0) is 57.5 Å². The van der Waals surface area contributed by atoms with E-state index < -0.39 is 144 Å². The Morgan fingerprint density at radius 1 is 0.311 bits per heavy atom. The number of nitrogens with one attached hydrogen (secondary N) is 5. The summed E-state index contributed by atoms with van der Waals surface area (Å²) in [6, 6.07) is -6.64. The second kappa shape index (κ2) is 54.9. The second-order valence-corrected chi connectivity index (χ2v) is 25.2. The Morgan fingerprint density at radius 3 is 0.864 bits per heavy atom. The number of aliphatic imine (C=N–C) groups is 6. The molecule has 6 amide bonds. The van der Waals surface area contributed by atoms with Crippen molar-refractivity contribution in [3.05, 3.63) is 0 Å². The molecule has 0 saturated carbocycles. The average molecular weight is 1460 g/mol. The number of primary amides is 1. The summed E-state index contributed by atoms with van der Waals surface area (Å²) in [6.45, 7) is 2.44. The van der Waals surface area contributed by atoms with E-state index in [2.05, 4.69) is 56.5 Å². The number of carboxylic acids is 1. The van der Waals surface area contributed by atoms with Gasteiger partial charge in [0.25, 0.3) is 0 Å². The highest BCUT2D eigenvalue weighted by atomic mass is 16.4. The summed E-state index contributed by atoms with van der Waals surface area (Å²) in [5.41, 5.74) is 83.8. The second-order valence-electron chi connectivity index (χ2n) is 25.2. The lowest BCUT2D eigenvalue weighted by atomic mass is 9.88. The van der Waals surface area contributed by atoms with Gasteiger partial charge in [-0.25, -0.2) is 4.79 Å². The number of carboxylic acid groups (broad SMARTS) is 1. The fourth-order valence-corrected chi connectivity index (χ4v) is 10.9. The summed E-state index contributed by atoms with van der Waals surface area (Å²) in [5.74, 6) is -15.1. The highest BCUT2D eigenvalue weighted by Gasteiger charge is 2.36. The number of aliphatic carboxylic acids is 1. The number of carbonyl (C=O) groups excluding carboxylic acids is 11. The molecule has 0 heterocycles. The smallest absolute Gasteiger partial charge is 0.326 e. The van der Waals surface area contributed by atoms with Gasteiger partial charge in [0.05, 0.1) is 24.2 Å². The number of unbranched alkanes of at least 4 members (excludes halogenated alkanes) is 2. The van der Waals surface area contributed by atoms with Crippen molar-refractivity contribution in [3.8, 4) is 0 Å². The molecule has 584 valence electrons. The van der Waals surface area contributed by atoms with E-state index in [0.29, 0.717) is 32.1 Å². The number of guanidine groups is 6. The lowest BCUT2D eigenvalue weighted by Crippen LogP contribution is -2.49. The van der Waals surface area contributed by atoms with Crippen LogP contribution in [0.3, 0.4) is 0 Å². The zero-order valence-corrected chi connectivity index (χ0v) is 59.8. The normalized spacial score (nSPS) is 13.5. The molecule has 0 fully saturated rings. The molecule has 36 N–H and O–H groups in total. The Labute approximate surface area is 602 Å². The van der Waals surface area contributed by atoms with Crippen LogP contribution in [0.5, 0.6) is 0 Å². The first kappa shape index (κ1) is 93.2. The predicted octanol–water partition coefficient (Wildman–Crippen LogP) is -5.21. The molecule has 0 aliphatic rings. The van der Waals surface area contributed by atoms with E-state index in [0.717, 1.165) is 0 Å². The average Bonchev–Trinajstić information content (AvgIpc) is 0.861. The van der Waals surface area contributed by atoms with Crippen molar-refractivity contribution < 1.29 is 62.6 Å². The van der Waals surface area contributed by atoms with Crippen LogP contribution in [0, 0.1) is 23.7 Å². The third kappa shape index (κ3) is 46.3. The van der Waals surface area contributed by atoms with Crippen LogP contribution in [0.4, 0.5) is 0 Å². The summed E-state index contributed by atoms with van der Waals surface area (Å²) >= 11 is 0. The van der Waals surface area contributed by atoms with Gasteiger partial charge >= 0.3 is 5.97 Å². The molecule has 0 rings (SSSR count). The van der Waals surface area contributed by atoms with Crippen molar-refractivity contribution in [2.75, 3.05) is 52.4 Å². The van der Waals surface area contributed by atoms with Crippen molar-refractivity contribution in [1.29, 1.82) is 0 Å². The first-order chi connectivity index (χ1) is 48.7. The number of hydrogen-bond acceptors (Lipinski definition) is 20. The molecule has 0 aliphatic carbocycles. The molecule has 0 aromatic carbocycles. The van der Waals surface area contributed by atoms with Crippen LogP contribution in [0.15, 0.2) is 30.0 Å². The van der Waals surface area contributed by atoms with E-state index >= 15 is 0 Å². The molecule has 0 saturated heterocycles. The lowest BCUT2D eigenvalue weighted by molar-refractivity contribution is -0.143. The quantitative estimate of drug-likeness (QED) is 0.0154. The van der Waals surface area contributed by atoms with Gasteiger partial charge < -0.3 is 118 Å². The number of ketones is 5. The zero-order valence-electron chi connectivity index (χ0n) is 59.8. The fourth-order valence-electron chi connectivity index (χ4n) is 10.9. The van der Waals surface area contributed by atoms with E-state index in [1.807, 2.05) is 6.92 Å². The minimum Gasteiger partial charge on any atom is -0.480 e. The van der Waals surface area contributed by atoms with Crippen molar-refractivity contribution in [1.82, 2.24) is 26.6 Å². The predicted molar refractivity (Wildman–Crippen MR) is 393 cm³/mol. The van der Waals surface area contributed by atoms with E-state index in [1.165, 1.54) is 0 Å². The Bertz CT molecular complexity index is 2870. The molecule has 103 heavy (non-hydrogen) atoms. The fraction of sp³-hybridized carbons (Fsp3) is 0.719. The van der Waals surface area contributed by atoms with Gasteiger partial charge in [0.15, 0.2) is 58.9 Å². The van der Waals surface area contributed by atoms with Gasteiger partial charge in [-0.2, -0.15) is 0 Å². The molecule has 39 nitrogen and oxygen atoms in total. The molecule has 0 spiro atoms. The number of rotatable bonds is 62. The molecule has 0 radical (unpaired) electrons. The van der Waals surface area contributed by atoms with Gasteiger partial charge in [0, 0.05) is 114 Å². The van der Waals surface area contributed by atoms with Crippen molar-refractivity contribution in [2.45, 2.75) is 217 Å². The summed E-state index contributed by atoms with van der Waals surface area (Å²) in [7, 11) is 0. The molecular weight excluding hydrogens is 1340 g/mol. The molecule has 0 aromatic heterocycles. The van der Waals surface area contributed by atoms with Gasteiger partial charge in [0.1, 0.15) is 11.8 Å². The first-order valence-corrected chi connectivity index (χ1v) is 35.1. The summed E-state index contributed by atoms with van der Waals surface area (Å²) in [4.78, 5) is 191. The number of nitrogens with two attached hydrogens (primary N) is 15. The van der Waals surface area contributed by atoms with Crippen molar-refractivity contribution in [2.24, 2.45) is 140 Å². The SMILES string of the molecule is CCCC(=O)CCC(=O)N[C@@H](CCCN=C(N)N)C(=O)C[C@H](CCCCN)C(=O)N[C@@H](CCCCN)C(=O)C[C@H](CCCN=C(N)N)C(=O)N[C@@H](CCCN=C(N)N)C(=O)C[C@H](CCC(N)=O)C(=O)N[C@@H](CCCN=C(N)N)C(=O)C[C@H](CCCN=C(N)N)C(=O)N[C@@H](CCCN=C(N)N)C(=O)O. The van der Waals surface area contributed by atoms with Gasteiger partial charge in [-0.05, 0) is 135 Å². The minimum absolute atomic E-state index is 0.00123. The Hall–Kier alpha value is -9.82. The van der Waals surface area contributed by atoms with Crippen LogP contribution >= 0.6 is 0 Å². The standard InChI is InChI=1S/C64H120N26O13/c1-2-13-42(91)23-25-53(97)86-43(18-9-30-82-61(72)73)48(92)34-38(14-3-5-26-65)54(98)87-44(17-4-6-27-66)49(93)35-39(15-7-28-80-59(68)69)55(99)88-46(20-11-32-84-63(76)77)51(95)37-41(22-24-52(67)96)57(101)89-45(19-10-31-83-62(74)75)50(94)36-40(16-8-29-81-60(70)71)56(100)90-47(58(102)103)21-12-33-85-64(78)79/h38-41,43-47H,2-37,65-66H2,1H3,(H2,67,96)(H,86,97)(H,87,98)(H,88,99)(H,89,101)(H,90,100)(H,102,103)(H4,68,69,80)(H4,70,71,81)(H4,72,73,82)(H4,74,75,83)(H4,76,77,84)(H4,78,79,85)/t38-,39-,40-,41-,43-,44-,45-,46-,47-/m0/s1. The molecule has 0 unspecified atom stereocenters. The molecule has 0 bridgehead atoms. The minimum atomic E-state index is -1.44. The van der Waals surface area contributed by atoms with E-state index in [9.17, 15) is 62.6 Å². The van der Waals surface area contributed by atoms with Gasteiger partial charge in [-0.3, -0.25) is 82.7 Å². The molecule has 0 aliphatic heterocycles. The maximum absolute atomic E-state index is 14.9. The van der Waals surface area contributed by atoms with Crippen LogP contribution in [-0.4, -0.2) is 194 Å². The highest BCUT2D eigenvalue weighted by molar-refractivity contribution is 5.99. The topological polar surface area (TPSA) is 750 Å². The third-order valence-electron chi connectivity index (χ3n) is 16.4. The number of carbonyl (C=O) groups is 12. The maximum Gasteiger partial charge on any atom is 0.326 e. The van der Waals surface area contributed by atoms with Crippen LogP contribution in [0.1, 0.15) is 187 Å². The van der Waals surface area contributed by atoms with E-state index in [4.69, 9.17) is 86.0 Å². The maximum atomic E-state index is 14.9. The molecule has 9 atom stereocenters. The first-order valence-electron chi connectivity index (χ1n) is 35.1. The van der Waals surface area contributed by atoms with E-state index in [1.54, 1.807) is 0 Å². The highest BCUT2D eigenvalue weighted by Crippen LogP contribution is 2.24. The van der Waals surface area contributed by atoms with Crippen LogP contribution < -0.4 is 113 Å². The van der Waals surface area contributed by atoms with Gasteiger partial charge in [-0.1, -0.05) is 13.3 Å². The van der Waals surface area contributed by atoms with Crippen molar-refractivity contribution >= 4 is 106 Å². The summed E-state index contributed by atoms with van der Waals surface area (Å²) in [6.07, 6.45) is -0.0790. The Kier molecular flexibility index (Phi) is 49.6. The summed E-state index contributed by atoms with van der Waals surface area (Å²) in [5, 5.41) is 23.5. The number of amides is 6. The Balaban J connectivity index is 7.64. The summed E-state index contributed by atoms with van der Waals surface area (Å²) < 4.78 is 0. The zero-order chi connectivity index (χ0) is 77.8. The van der Waals surface area contributed by atoms with Crippen LogP contribution in [0.25, 0.3) is 0 Å². The van der Waals surface area contributed by atoms with Crippen LogP contribution in [0.2, 0.25) is 0 Å². The van der Waals surface area contributed by atoms with Gasteiger partial charge in [0.2, 0.25) is 35.4 Å². The lowest BCUT2D eigenvalue weighted by Gasteiger charge is -2.27. The van der Waals surface area contributed by atoms with Gasteiger partial charge in [-0.15, -0.1) is 0 Å². The molecule has 39 heteroatoms. The van der Waals surface area contributed by atoms with E-state index in [-0.39, 0.29) is 216 Å². The number of hydrogen-bond donors (Lipinski definition) is 21. The molecular formula is C64H120N26O13. The largest absolute Gasteiger partial charge is 0.480 e. The number of Topliss-reactive ketones (excluding diaryl/α,β-unsaturated/α-hetero) is 5. The monoisotopic (exact) mass is 1460 g/mol. The molecule has 0 aromatic rings. The third-order valence-corrected chi connectivity index (χ3v) is 16.4. The number of nitrogens with zero attached hydrogens (tertiary/aromatic N) is 6. The Morgan fingerprint density at radius 2 is 0.573 bits per heavy atom. The van der Waals surface area contributed by atoms with Crippen molar-refractivity contribution in [3.63, 3.8) is 0 Å².